The molecule has 3 aromatic heterocycles. The van der Waals surface area contributed by atoms with E-state index in [0.717, 1.165) is 53.7 Å². The molecule has 7 nitrogen and oxygen atoms in total. The summed E-state index contributed by atoms with van der Waals surface area (Å²) in [6, 6.07) is 2.76. The van der Waals surface area contributed by atoms with E-state index in [0.29, 0.717) is 11.3 Å². The Morgan fingerprint density at radius 1 is 1.14 bits per heavy atom. The summed E-state index contributed by atoms with van der Waals surface area (Å²) in [6.07, 6.45) is -0.475. The molecule has 0 unspecified atom stereocenters. The predicted octanol–water partition coefficient (Wildman–Crippen LogP) is 3.09. The lowest BCUT2D eigenvalue weighted by atomic mass is 9.79. The summed E-state index contributed by atoms with van der Waals surface area (Å²) >= 11 is 2.13. The van der Waals surface area contributed by atoms with Gasteiger partial charge in [-0.15, -0.1) is 0 Å². The third kappa shape index (κ3) is 2.95. The molecule has 2 fully saturated rings. The zero-order valence-electron chi connectivity index (χ0n) is 14.5. The van der Waals surface area contributed by atoms with Crippen LogP contribution in [0.15, 0.2) is 24.5 Å². The number of H-pyrrole nitrogens is 1. The van der Waals surface area contributed by atoms with Crippen LogP contribution >= 0.6 is 22.6 Å². The molecule has 1 spiro atoms. The number of nitrogens with zero attached hydrogens (tertiary/aromatic N) is 6. The summed E-state index contributed by atoms with van der Waals surface area (Å²) in [5.74, 6) is 0.786. The number of fused-ring (bicyclic) bond motifs is 1. The zero-order valence-corrected chi connectivity index (χ0v) is 16.7. The van der Waals surface area contributed by atoms with E-state index in [2.05, 4.69) is 52.6 Å². The van der Waals surface area contributed by atoms with Crippen LogP contribution < -0.4 is 9.80 Å². The van der Waals surface area contributed by atoms with Crippen LogP contribution in [0.3, 0.4) is 0 Å². The zero-order chi connectivity index (χ0) is 19.5. The molecule has 5 heterocycles. The average Bonchev–Trinajstić information content (AvgIpc) is 3.24. The number of anilines is 2. The van der Waals surface area contributed by atoms with Gasteiger partial charge in [0, 0.05) is 43.5 Å². The molecule has 0 saturated carbocycles. The smallest absolute Gasteiger partial charge is 0.370 e. The average molecular weight is 501 g/mol. The normalized spacial score (nSPS) is 18.9. The van der Waals surface area contributed by atoms with E-state index in [4.69, 9.17) is 0 Å². The Hall–Kier alpha value is -2.18. The van der Waals surface area contributed by atoms with Crippen molar-refractivity contribution in [1.29, 1.82) is 0 Å². The van der Waals surface area contributed by atoms with E-state index in [9.17, 15) is 13.2 Å². The summed E-state index contributed by atoms with van der Waals surface area (Å²) in [5, 5.41) is 7.04. The fourth-order valence-electron chi connectivity index (χ4n) is 4.02. The van der Waals surface area contributed by atoms with Crippen LogP contribution in [0.5, 0.6) is 0 Å². The van der Waals surface area contributed by atoms with Gasteiger partial charge in [-0.25, -0.2) is 9.97 Å². The highest BCUT2D eigenvalue weighted by Crippen LogP contribution is 2.43. The molecule has 2 aliphatic heterocycles. The number of rotatable bonds is 2. The highest BCUT2D eigenvalue weighted by Gasteiger charge is 2.48. The van der Waals surface area contributed by atoms with Crippen LogP contribution in [-0.2, 0) is 6.18 Å². The molecule has 0 aliphatic carbocycles. The minimum absolute atomic E-state index is 0.0678. The van der Waals surface area contributed by atoms with Crippen LogP contribution in [0.1, 0.15) is 12.1 Å². The standard InChI is InChI=1S/C17H15F3IN7/c18-17(19,20)11-5-10(1-3-22-11)28-8-16(9-28)2-4-27(7-16)12-6-23-13-14(21)25-26-15(13)24-12/h1,3,5-6H,2,4,7-9H2,(H,24,25,26). The summed E-state index contributed by atoms with van der Waals surface area (Å²) < 4.78 is 39.5. The van der Waals surface area contributed by atoms with Crippen LogP contribution in [0, 0.1) is 9.12 Å². The number of nitrogens with one attached hydrogen (secondary N) is 1. The Labute approximate surface area is 171 Å². The van der Waals surface area contributed by atoms with E-state index in [1.807, 2.05) is 4.90 Å². The van der Waals surface area contributed by atoms with E-state index < -0.39 is 11.9 Å². The largest absolute Gasteiger partial charge is 0.433 e. The minimum Gasteiger partial charge on any atom is -0.370 e. The van der Waals surface area contributed by atoms with Gasteiger partial charge in [-0.05, 0) is 41.1 Å². The summed E-state index contributed by atoms with van der Waals surface area (Å²) in [4.78, 5) is 16.6. The number of hydrogen-bond acceptors (Lipinski definition) is 6. The summed E-state index contributed by atoms with van der Waals surface area (Å²) in [7, 11) is 0. The number of halogens is 4. The highest BCUT2D eigenvalue weighted by molar-refractivity contribution is 14.1. The number of alkyl halides is 3. The third-order valence-electron chi connectivity index (χ3n) is 5.42. The van der Waals surface area contributed by atoms with Crippen molar-refractivity contribution in [1.82, 2.24) is 25.1 Å². The van der Waals surface area contributed by atoms with Gasteiger partial charge in [0.1, 0.15) is 20.7 Å². The number of aromatic amines is 1. The minimum atomic E-state index is -4.43. The molecule has 2 aliphatic rings. The van der Waals surface area contributed by atoms with Crippen LogP contribution in [0.4, 0.5) is 24.7 Å². The Morgan fingerprint density at radius 3 is 2.71 bits per heavy atom. The molecule has 0 radical (unpaired) electrons. The molecule has 3 aromatic rings. The lowest BCUT2D eigenvalue weighted by Crippen LogP contribution is -2.57. The predicted molar refractivity (Wildman–Crippen MR) is 105 cm³/mol. The van der Waals surface area contributed by atoms with Crippen LogP contribution in [-0.4, -0.2) is 51.3 Å². The van der Waals surface area contributed by atoms with Crippen LogP contribution in [0.25, 0.3) is 11.2 Å². The van der Waals surface area contributed by atoms with Gasteiger partial charge in [0.2, 0.25) is 5.65 Å². The van der Waals surface area contributed by atoms with E-state index in [1.165, 1.54) is 6.20 Å². The van der Waals surface area contributed by atoms with Gasteiger partial charge in [0.15, 0.2) is 0 Å². The molecule has 0 amide bonds. The molecule has 0 aromatic carbocycles. The van der Waals surface area contributed by atoms with E-state index in [1.54, 1.807) is 12.3 Å². The van der Waals surface area contributed by atoms with E-state index >= 15 is 0 Å². The van der Waals surface area contributed by atoms with Crippen LogP contribution in [0.2, 0.25) is 0 Å². The molecule has 2 saturated heterocycles. The quantitative estimate of drug-likeness (QED) is 0.545. The van der Waals surface area contributed by atoms with Crippen molar-refractivity contribution < 1.29 is 13.2 Å². The maximum atomic E-state index is 12.9. The highest BCUT2D eigenvalue weighted by atomic mass is 127. The van der Waals surface area contributed by atoms with Crippen molar-refractivity contribution in [2.24, 2.45) is 5.41 Å². The Morgan fingerprint density at radius 2 is 1.93 bits per heavy atom. The second kappa shape index (κ2) is 6.16. The Kier molecular flexibility index (Phi) is 3.93. The fraction of sp³-hybridized carbons (Fsp3) is 0.412. The van der Waals surface area contributed by atoms with Gasteiger partial charge >= 0.3 is 6.18 Å². The summed E-state index contributed by atoms with van der Waals surface area (Å²) in [6.45, 7) is 3.10. The molecular formula is C17H15F3IN7. The van der Waals surface area contributed by atoms with Gasteiger partial charge in [-0.1, -0.05) is 0 Å². The van der Waals surface area contributed by atoms with Crippen molar-refractivity contribution >= 4 is 45.3 Å². The maximum Gasteiger partial charge on any atom is 0.433 e. The first kappa shape index (κ1) is 17.9. The first-order chi connectivity index (χ1) is 13.3. The monoisotopic (exact) mass is 501 g/mol. The van der Waals surface area contributed by atoms with Gasteiger partial charge in [-0.2, -0.15) is 18.3 Å². The van der Waals surface area contributed by atoms with E-state index in [-0.39, 0.29) is 5.41 Å². The fourth-order valence-corrected chi connectivity index (χ4v) is 4.52. The van der Waals surface area contributed by atoms with Gasteiger partial charge in [0.25, 0.3) is 0 Å². The maximum absolute atomic E-state index is 12.9. The second-order valence-electron chi connectivity index (χ2n) is 7.36. The molecule has 146 valence electrons. The molecule has 1 N–H and O–H groups in total. The van der Waals surface area contributed by atoms with Gasteiger partial charge < -0.3 is 9.80 Å². The molecule has 28 heavy (non-hydrogen) atoms. The number of aromatic nitrogens is 5. The summed E-state index contributed by atoms with van der Waals surface area (Å²) in [5.41, 5.74) is 1.13. The van der Waals surface area contributed by atoms with Gasteiger partial charge in [0.05, 0.1) is 6.20 Å². The first-order valence-corrected chi connectivity index (χ1v) is 9.81. The number of hydrogen-bond donors (Lipinski definition) is 1. The first-order valence-electron chi connectivity index (χ1n) is 8.73. The van der Waals surface area contributed by atoms with Crippen molar-refractivity contribution in [2.45, 2.75) is 12.6 Å². The SMILES string of the molecule is FC(F)(F)c1cc(N2CC3(CCN(c4cnc5c(I)[nH]nc5n4)C3)C2)ccn1. The Balaban J connectivity index is 1.29. The molecule has 0 bridgehead atoms. The third-order valence-corrected chi connectivity index (χ3v) is 6.18. The topological polar surface area (TPSA) is 73.8 Å². The molecule has 0 atom stereocenters. The molecule has 5 rings (SSSR count). The lowest BCUT2D eigenvalue weighted by molar-refractivity contribution is -0.141. The van der Waals surface area contributed by atoms with Crippen molar-refractivity contribution in [3.8, 4) is 0 Å². The molecule has 11 heteroatoms. The van der Waals surface area contributed by atoms with Gasteiger partial charge in [-0.3, -0.25) is 10.1 Å². The lowest BCUT2D eigenvalue weighted by Gasteiger charge is -2.49. The Bertz CT molecular complexity index is 1040. The second-order valence-corrected chi connectivity index (χ2v) is 8.44. The van der Waals surface area contributed by atoms with Crippen molar-refractivity contribution in [3.63, 3.8) is 0 Å². The molecular weight excluding hydrogens is 486 g/mol. The number of pyridine rings is 1. The van der Waals surface area contributed by atoms with Crippen molar-refractivity contribution in [2.75, 3.05) is 36.0 Å². The van der Waals surface area contributed by atoms with Crippen molar-refractivity contribution in [3.05, 3.63) is 33.9 Å².